The van der Waals surface area contributed by atoms with Crippen molar-refractivity contribution in [2.45, 2.75) is 18.8 Å². The van der Waals surface area contributed by atoms with Crippen LogP contribution >= 0.6 is 0 Å². The zero-order valence-electron chi connectivity index (χ0n) is 13.2. The van der Waals surface area contributed by atoms with E-state index in [2.05, 4.69) is 36.5 Å². The second kappa shape index (κ2) is 5.93. The highest BCUT2D eigenvalue weighted by Gasteiger charge is 2.50. The molecular formula is C19H22N2O. The fraction of sp³-hybridized carbons (Fsp3) is 0.316. The Morgan fingerprint density at radius 3 is 2.41 bits per heavy atom. The molecule has 0 aliphatic carbocycles. The van der Waals surface area contributed by atoms with Gasteiger partial charge in [0.05, 0.1) is 0 Å². The molecule has 1 atom stereocenters. The van der Waals surface area contributed by atoms with Crippen molar-refractivity contribution >= 4 is 11.6 Å². The molecule has 2 aromatic rings. The number of rotatable bonds is 5. The highest BCUT2D eigenvalue weighted by molar-refractivity contribution is 6.10. The summed E-state index contributed by atoms with van der Waals surface area (Å²) in [6, 6.07) is 18.4. The number of amides is 1. The highest BCUT2D eigenvalue weighted by atomic mass is 16.2. The number of hydrogen-bond donors (Lipinski definition) is 1. The van der Waals surface area contributed by atoms with Crippen LogP contribution in [0.5, 0.6) is 0 Å². The van der Waals surface area contributed by atoms with Crippen LogP contribution in [0.4, 0.5) is 5.69 Å². The Labute approximate surface area is 132 Å². The van der Waals surface area contributed by atoms with Gasteiger partial charge in [0, 0.05) is 18.8 Å². The summed E-state index contributed by atoms with van der Waals surface area (Å²) in [7, 11) is 1.91. The summed E-state index contributed by atoms with van der Waals surface area (Å²) >= 11 is 0. The third-order valence-corrected chi connectivity index (χ3v) is 4.65. The second-order valence-electron chi connectivity index (χ2n) is 5.70. The van der Waals surface area contributed by atoms with Gasteiger partial charge in [0.1, 0.15) is 5.41 Å². The number of hydrogen-bond acceptors (Lipinski definition) is 2. The largest absolute Gasteiger partial charge is 0.318 e. The van der Waals surface area contributed by atoms with Gasteiger partial charge in [-0.05, 0) is 30.7 Å². The summed E-state index contributed by atoms with van der Waals surface area (Å²) in [5.74, 6) is 0.192. The molecule has 22 heavy (non-hydrogen) atoms. The zero-order valence-corrected chi connectivity index (χ0v) is 13.2. The number of carbonyl (C=O) groups excluding carboxylic acids is 1. The Kier molecular flexibility index (Phi) is 3.99. The summed E-state index contributed by atoms with van der Waals surface area (Å²) in [6.45, 7) is 3.58. The molecular weight excluding hydrogens is 272 g/mol. The number of anilines is 1. The van der Waals surface area contributed by atoms with Crippen LogP contribution in [0, 0.1) is 0 Å². The molecule has 3 rings (SSSR count). The molecule has 0 radical (unpaired) electrons. The number of carbonyl (C=O) groups is 1. The summed E-state index contributed by atoms with van der Waals surface area (Å²) in [4.78, 5) is 15.3. The fourth-order valence-corrected chi connectivity index (χ4v) is 3.52. The van der Waals surface area contributed by atoms with Crippen LogP contribution in [0.2, 0.25) is 0 Å². The average Bonchev–Trinajstić information content (AvgIpc) is 2.82. The predicted molar refractivity (Wildman–Crippen MR) is 90.2 cm³/mol. The summed E-state index contributed by atoms with van der Waals surface area (Å²) in [5.41, 5.74) is 2.71. The Hall–Kier alpha value is -2.13. The summed E-state index contributed by atoms with van der Waals surface area (Å²) < 4.78 is 0. The molecule has 1 N–H and O–H groups in total. The third kappa shape index (κ3) is 2.04. The van der Waals surface area contributed by atoms with Gasteiger partial charge in [-0.1, -0.05) is 55.5 Å². The van der Waals surface area contributed by atoms with Gasteiger partial charge in [0.25, 0.3) is 0 Å². The molecule has 0 fully saturated rings. The van der Waals surface area contributed by atoms with Crippen LogP contribution < -0.4 is 10.2 Å². The standard InChI is InChI=1S/C19H22N2O/c1-3-19(15-9-5-4-6-10-15)16-11-7-8-12-17(16)21(18(19)22)14-13-20-2/h4-12,20H,3,13-14H2,1-2H3. The first kappa shape index (κ1) is 14.8. The smallest absolute Gasteiger partial charge is 0.242 e. The molecule has 1 unspecified atom stereocenters. The first-order valence-corrected chi connectivity index (χ1v) is 7.87. The Bertz CT molecular complexity index is 668. The van der Waals surface area contributed by atoms with E-state index in [9.17, 15) is 4.79 Å². The van der Waals surface area contributed by atoms with Gasteiger partial charge in [0.2, 0.25) is 5.91 Å². The molecule has 0 bridgehead atoms. The highest BCUT2D eigenvalue weighted by Crippen LogP contribution is 2.47. The van der Waals surface area contributed by atoms with Crippen molar-refractivity contribution in [1.29, 1.82) is 0 Å². The maximum atomic E-state index is 13.3. The van der Waals surface area contributed by atoms with Crippen molar-refractivity contribution in [3.05, 3.63) is 65.7 Å². The molecule has 0 aromatic heterocycles. The molecule has 3 nitrogen and oxygen atoms in total. The minimum atomic E-state index is -0.550. The van der Waals surface area contributed by atoms with Crippen molar-refractivity contribution < 1.29 is 4.79 Å². The topological polar surface area (TPSA) is 32.3 Å². The Morgan fingerprint density at radius 2 is 1.73 bits per heavy atom. The number of benzene rings is 2. The van der Waals surface area contributed by atoms with Gasteiger partial charge in [-0.3, -0.25) is 4.79 Å². The van der Waals surface area contributed by atoms with E-state index in [4.69, 9.17) is 0 Å². The van der Waals surface area contributed by atoms with Gasteiger partial charge >= 0.3 is 0 Å². The number of fused-ring (bicyclic) bond motifs is 1. The lowest BCUT2D eigenvalue weighted by atomic mass is 9.73. The molecule has 1 aliphatic rings. The minimum absolute atomic E-state index is 0.192. The quantitative estimate of drug-likeness (QED) is 0.919. The van der Waals surface area contributed by atoms with Gasteiger partial charge in [0.15, 0.2) is 0 Å². The van der Waals surface area contributed by atoms with Crippen LogP contribution in [-0.4, -0.2) is 26.0 Å². The molecule has 2 aromatic carbocycles. The van der Waals surface area contributed by atoms with Crippen LogP contribution in [0.3, 0.4) is 0 Å². The SMILES string of the molecule is CCC1(c2ccccc2)C(=O)N(CCNC)c2ccccc21. The number of likely N-dealkylation sites (N-methyl/N-ethyl adjacent to an activating group) is 1. The number of nitrogens with one attached hydrogen (secondary N) is 1. The van der Waals surface area contributed by atoms with Crippen molar-refractivity contribution in [3.63, 3.8) is 0 Å². The van der Waals surface area contributed by atoms with Crippen molar-refractivity contribution in [3.8, 4) is 0 Å². The van der Waals surface area contributed by atoms with Crippen LogP contribution in [0.15, 0.2) is 54.6 Å². The molecule has 1 heterocycles. The maximum Gasteiger partial charge on any atom is 0.242 e. The molecule has 1 amide bonds. The molecule has 0 spiro atoms. The van der Waals surface area contributed by atoms with Crippen LogP contribution in [0.25, 0.3) is 0 Å². The number of nitrogens with zero attached hydrogens (tertiary/aromatic N) is 1. The summed E-state index contributed by atoms with van der Waals surface area (Å²) in [6.07, 6.45) is 0.767. The normalized spacial score (nSPS) is 20.3. The summed E-state index contributed by atoms with van der Waals surface area (Å²) in [5, 5.41) is 3.14. The van der Waals surface area contributed by atoms with E-state index >= 15 is 0 Å². The molecule has 1 aliphatic heterocycles. The lowest BCUT2D eigenvalue weighted by molar-refractivity contribution is -0.121. The van der Waals surface area contributed by atoms with Gasteiger partial charge in [-0.25, -0.2) is 0 Å². The lowest BCUT2D eigenvalue weighted by Crippen LogP contribution is -2.43. The van der Waals surface area contributed by atoms with Crippen molar-refractivity contribution in [2.75, 3.05) is 25.0 Å². The second-order valence-corrected chi connectivity index (χ2v) is 5.70. The predicted octanol–water partition coefficient (Wildman–Crippen LogP) is 2.95. The van der Waals surface area contributed by atoms with E-state index in [1.54, 1.807) is 0 Å². The van der Waals surface area contributed by atoms with E-state index in [1.807, 2.05) is 42.3 Å². The molecule has 114 valence electrons. The first-order valence-electron chi connectivity index (χ1n) is 7.87. The average molecular weight is 294 g/mol. The Balaban J connectivity index is 2.17. The van der Waals surface area contributed by atoms with E-state index < -0.39 is 5.41 Å². The minimum Gasteiger partial charge on any atom is -0.318 e. The number of para-hydroxylation sites is 1. The van der Waals surface area contributed by atoms with Gasteiger partial charge in [-0.15, -0.1) is 0 Å². The van der Waals surface area contributed by atoms with Gasteiger partial charge in [-0.2, -0.15) is 0 Å². The fourth-order valence-electron chi connectivity index (χ4n) is 3.52. The van der Waals surface area contributed by atoms with Crippen molar-refractivity contribution in [1.82, 2.24) is 5.32 Å². The third-order valence-electron chi connectivity index (χ3n) is 4.65. The van der Waals surface area contributed by atoms with Gasteiger partial charge < -0.3 is 10.2 Å². The lowest BCUT2D eigenvalue weighted by Gasteiger charge is -2.28. The molecule has 3 heteroatoms. The van der Waals surface area contributed by atoms with Crippen molar-refractivity contribution in [2.24, 2.45) is 0 Å². The van der Waals surface area contributed by atoms with Crippen LogP contribution in [0.1, 0.15) is 24.5 Å². The van der Waals surface area contributed by atoms with Crippen LogP contribution in [-0.2, 0) is 10.2 Å². The monoisotopic (exact) mass is 294 g/mol. The molecule has 0 saturated carbocycles. The maximum absolute atomic E-state index is 13.3. The van der Waals surface area contributed by atoms with E-state index in [0.29, 0.717) is 6.54 Å². The molecule has 0 saturated heterocycles. The van der Waals surface area contributed by atoms with E-state index in [1.165, 1.54) is 0 Å². The van der Waals surface area contributed by atoms with E-state index in [0.717, 1.165) is 29.8 Å². The first-order chi connectivity index (χ1) is 10.8. The zero-order chi connectivity index (χ0) is 15.6. The van der Waals surface area contributed by atoms with E-state index in [-0.39, 0.29) is 5.91 Å². The Morgan fingerprint density at radius 1 is 1.05 bits per heavy atom.